The lowest BCUT2D eigenvalue weighted by Crippen LogP contribution is -2.47. The molecule has 12 heteroatoms. The Morgan fingerprint density at radius 3 is 2.23 bits per heavy atom. The maximum Gasteiger partial charge on any atom is 0.573 e. The molecule has 2 amide bonds. The van der Waals surface area contributed by atoms with Gasteiger partial charge in [0.25, 0.3) is 11.6 Å². The molecule has 0 aromatic heterocycles. The molecule has 0 radical (unpaired) electrons. The minimum absolute atomic E-state index is 0.0561. The van der Waals surface area contributed by atoms with Crippen molar-refractivity contribution in [3.8, 4) is 5.75 Å². The van der Waals surface area contributed by atoms with Crippen molar-refractivity contribution < 1.29 is 32.4 Å². The van der Waals surface area contributed by atoms with Crippen LogP contribution in [0.15, 0.2) is 42.5 Å². The predicted molar refractivity (Wildman–Crippen MR) is 106 cm³/mol. The molecule has 0 spiro atoms. The third kappa shape index (κ3) is 6.85. The zero-order valence-corrected chi connectivity index (χ0v) is 17.0. The van der Waals surface area contributed by atoms with Crippen molar-refractivity contribution in [2.75, 3.05) is 5.32 Å². The van der Waals surface area contributed by atoms with Crippen molar-refractivity contribution >= 4 is 34.8 Å². The molecule has 0 aliphatic carbocycles. The first kappa shape index (κ1) is 23.9. The fourth-order valence-corrected chi connectivity index (χ4v) is 2.78. The van der Waals surface area contributed by atoms with E-state index in [1.165, 1.54) is 18.2 Å². The highest BCUT2D eigenvalue weighted by Crippen LogP contribution is 2.25. The van der Waals surface area contributed by atoms with E-state index < -0.39 is 34.9 Å². The molecule has 0 aliphatic rings. The summed E-state index contributed by atoms with van der Waals surface area (Å²) in [6.07, 6.45) is -4.84. The van der Waals surface area contributed by atoms with Crippen LogP contribution in [0.25, 0.3) is 0 Å². The fourth-order valence-electron chi connectivity index (χ4n) is 2.52. The third-order valence-electron chi connectivity index (χ3n) is 4.00. The first-order valence-corrected chi connectivity index (χ1v) is 9.16. The van der Waals surface area contributed by atoms with Gasteiger partial charge in [-0.1, -0.05) is 25.4 Å². The molecule has 2 aromatic rings. The Hall–Kier alpha value is -3.34. The number of amides is 2. The molecule has 0 saturated carbocycles. The van der Waals surface area contributed by atoms with E-state index in [4.69, 9.17) is 11.6 Å². The van der Waals surface area contributed by atoms with Gasteiger partial charge in [-0.2, -0.15) is 0 Å². The Balaban J connectivity index is 2.10. The van der Waals surface area contributed by atoms with Gasteiger partial charge in [-0.25, -0.2) is 0 Å². The van der Waals surface area contributed by atoms with E-state index in [9.17, 15) is 32.9 Å². The molecule has 2 rings (SSSR count). The number of ether oxygens (including phenoxy) is 1. The number of carbonyl (C=O) groups excluding carboxylic acids is 2. The number of carbonyl (C=O) groups is 2. The second-order valence-corrected chi connectivity index (χ2v) is 7.09. The second-order valence-electron chi connectivity index (χ2n) is 6.68. The summed E-state index contributed by atoms with van der Waals surface area (Å²) in [7, 11) is 0. The minimum Gasteiger partial charge on any atom is -0.406 e. The van der Waals surface area contributed by atoms with E-state index in [1.54, 1.807) is 13.8 Å². The standard InChI is InChI=1S/C19H17ClF3N3O5/c1-10(2)16(25-17(27)14-8-5-12(26(29)30)9-15(14)20)18(28)24-11-3-6-13(7-4-11)31-19(21,22)23/h3-10,16H,1-2H3,(H,24,28)(H,25,27)/t16-/m0/s1. The molecule has 166 valence electrons. The quantitative estimate of drug-likeness (QED) is 0.466. The number of hydrogen-bond donors (Lipinski definition) is 2. The largest absolute Gasteiger partial charge is 0.573 e. The molecule has 8 nitrogen and oxygen atoms in total. The first-order chi connectivity index (χ1) is 14.4. The fraction of sp³-hybridized carbons (Fsp3) is 0.263. The third-order valence-corrected chi connectivity index (χ3v) is 4.31. The molecule has 2 aromatic carbocycles. The van der Waals surface area contributed by atoms with Crippen LogP contribution < -0.4 is 15.4 Å². The Morgan fingerprint density at radius 1 is 1.13 bits per heavy atom. The number of benzene rings is 2. The lowest BCUT2D eigenvalue weighted by Gasteiger charge is -2.22. The van der Waals surface area contributed by atoms with Crippen molar-refractivity contribution in [3.63, 3.8) is 0 Å². The van der Waals surface area contributed by atoms with Gasteiger partial charge in [-0.15, -0.1) is 13.2 Å². The molecule has 0 unspecified atom stereocenters. The summed E-state index contributed by atoms with van der Waals surface area (Å²) in [5.41, 5.74) is -0.162. The molecule has 0 fully saturated rings. The average molecular weight is 460 g/mol. The van der Waals surface area contributed by atoms with Gasteiger partial charge in [-0.3, -0.25) is 19.7 Å². The van der Waals surface area contributed by atoms with Crippen LogP contribution in [-0.2, 0) is 4.79 Å². The molecule has 0 saturated heterocycles. The maximum absolute atomic E-state index is 12.6. The maximum atomic E-state index is 12.6. The summed E-state index contributed by atoms with van der Waals surface area (Å²) in [5.74, 6) is -2.16. The highest BCUT2D eigenvalue weighted by Gasteiger charge is 2.31. The Labute approximate surface area is 179 Å². The smallest absolute Gasteiger partial charge is 0.406 e. The van der Waals surface area contributed by atoms with E-state index >= 15 is 0 Å². The van der Waals surface area contributed by atoms with Crippen molar-refractivity contribution in [1.29, 1.82) is 0 Å². The van der Waals surface area contributed by atoms with Crippen molar-refractivity contribution in [1.82, 2.24) is 5.32 Å². The second kappa shape index (κ2) is 9.65. The molecular formula is C19H17ClF3N3O5. The van der Waals surface area contributed by atoms with Crippen molar-refractivity contribution in [2.24, 2.45) is 5.92 Å². The summed E-state index contributed by atoms with van der Waals surface area (Å²) >= 11 is 5.94. The number of halogens is 4. The van der Waals surface area contributed by atoms with Gasteiger partial charge in [0.2, 0.25) is 5.91 Å². The zero-order valence-electron chi connectivity index (χ0n) is 16.2. The molecule has 1 atom stereocenters. The zero-order chi connectivity index (χ0) is 23.3. The number of hydrogen-bond acceptors (Lipinski definition) is 5. The van der Waals surface area contributed by atoms with Crippen LogP contribution in [-0.4, -0.2) is 29.1 Å². The van der Waals surface area contributed by atoms with Crippen LogP contribution in [0.3, 0.4) is 0 Å². The van der Waals surface area contributed by atoms with Crippen LogP contribution in [0.1, 0.15) is 24.2 Å². The van der Waals surface area contributed by atoms with E-state index in [-0.39, 0.29) is 27.9 Å². The van der Waals surface area contributed by atoms with Gasteiger partial charge in [-0.05, 0) is 36.2 Å². The number of alkyl halides is 3. The molecule has 0 heterocycles. The van der Waals surface area contributed by atoms with E-state index in [2.05, 4.69) is 15.4 Å². The van der Waals surface area contributed by atoms with Gasteiger partial charge in [0.1, 0.15) is 11.8 Å². The van der Waals surface area contributed by atoms with Gasteiger partial charge in [0.05, 0.1) is 15.5 Å². The molecular weight excluding hydrogens is 443 g/mol. The lowest BCUT2D eigenvalue weighted by molar-refractivity contribution is -0.384. The van der Waals surface area contributed by atoms with Crippen molar-refractivity contribution in [2.45, 2.75) is 26.3 Å². The Morgan fingerprint density at radius 2 is 1.74 bits per heavy atom. The number of nitrogens with zero attached hydrogens (tertiary/aromatic N) is 1. The highest BCUT2D eigenvalue weighted by atomic mass is 35.5. The number of rotatable bonds is 7. The summed E-state index contributed by atoms with van der Waals surface area (Å²) in [6, 6.07) is 6.76. The normalized spacial score (nSPS) is 12.2. The summed E-state index contributed by atoms with van der Waals surface area (Å²) in [4.78, 5) is 35.3. The van der Waals surface area contributed by atoms with Crippen LogP contribution >= 0.6 is 11.6 Å². The predicted octanol–water partition coefficient (Wildman–Crippen LogP) is 4.54. The number of anilines is 1. The van der Waals surface area contributed by atoms with Crippen LogP contribution in [0.2, 0.25) is 5.02 Å². The van der Waals surface area contributed by atoms with Gasteiger partial charge >= 0.3 is 6.36 Å². The number of nitro groups is 1. The van der Waals surface area contributed by atoms with Gasteiger partial charge in [0, 0.05) is 17.8 Å². The van der Waals surface area contributed by atoms with Crippen LogP contribution in [0, 0.1) is 16.0 Å². The molecule has 0 bridgehead atoms. The van der Waals surface area contributed by atoms with Crippen LogP contribution in [0.4, 0.5) is 24.5 Å². The van der Waals surface area contributed by atoms with Gasteiger partial charge in [0.15, 0.2) is 0 Å². The van der Waals surface area contributed by atoms with E-state index in [0.717, 1.165) is 24.3 Å². The highest BCUT2D eigenvalue weighted by molar-refractivity contribution is 6.34. The monoisotopic (exact) mass is 459 g/mol. The molecule has 31 heavy (non-hydrogen) atoms. The first-order valence-electron chi connectivity index (χ1n) is 8.79. The molecule has 2 N–H and O–H groups in total. The Kier molecular flexibility index (Phi) is 7.45. The van der Waals surface area contributed by atoms with Crippen LogP contribution in [0.5, 0.6) is 5.75 Å². The minimum atomic E-state index is -4.84. The average Bonchev–Trinajstić information content (AvgIpc) is 2.65. The van der Waals surface area contributed by atoms with Gasteiger partial charge < -0.3 is 15.4 Å². The summed E-state index contributed by atoms with van der Waals surface area (Å²) in [6.45, 7) is 3.34. The topological polar surface area (TPSA) is 111 Å². The summed E-state index contributed by atoms with van der Waals surface area (Å²) in [5, 5.41) is 15.6. The van der Waals surface area contributed by atoms with Crippen molar-refractivity contribution in [3.05, 3.63) is 63.2 Å². The SMILES string of the molecule is CC(C)[C@H](NC(=O)c1ccc([N+](=O)[O-])cc1Cl)C(=O)Nc1ccc(OC(F)(F)F)cc1. The summed E-state index contributed by atoms with van der Waals surface area (Å²) < 4.78 is 40.4. The lowest BCUT2D eigenvalue weighted by atomic mass is 10.0. The van der Waals surface area contributed by atoms with E-state index in [1.807, 2.05) is 0 Å². The number of non-ortho nitro benzene ring substituents is 1. The van der Waals surface area contributed by atoms with E-state index in [0.29, 0.717) is 0 Å². The molecule has 0 aliphatic heterocycles. The number of nitrogens with one attached hydrogen (secondary N) is 2. The number of nitro benzene ring substituents is 1. The Bertz CT molecular complexity index is 981.